The zero-order valence-corrected chi connectivity index (χ0v) is 18.6. The first-order valence-electron chi connectivity index (χ1n) is 10.2. The van der Waals surface area contributed by atoms with Crippen molar-refractivity contribution in [2.45, 2.75) is 6.42 Å². The Morgan fingerprint density at radius 2 is 1.66 bits per heavy atom. The van der Waals surface area contributed by atoms with Crippen LogP contribution in [0.4, 0.5) is 5.82 Å². The molecule has 0 unspecified atom stereocenters. The molecule has 32 heavy (non-hydrogen) atoms. The topological polar surface area (TPSA) is 69.2 Å². The van der Waals surface area contributed by atoms with Crippen molar-refractivity contribution >= 4 is 40.5 Å². The summed E-state index contributed by atoms with van der Waals surface area (Å²) in [5.41, 5.74) is 2.91. The fourth-order valence-electron chi connectivity index (χ4n) is 3.30. The third-order valence-corrected chi connectivity index (χ3v) is 5.17. The number of fused-ring (bicyclic) bond motifs is 1. The molecule has 162 valence electrons. The highest BCUT2D eigenvalue weighted by Crippen LogP contribution is 2.26. The highest BCUT2D eigenvalue weighted by molar-refractivity contribution is 6.31. The molecule has 1 N–H and O–H groups in total. The molecule has 4 rings (SSSR count). The van der Waals surface area contributed by atoms with Gasteiger partial charge in [-0.05, 0) is 66.1 Å². The number of aromatic nitrogens is 3. The number of methoxy groups -OCH3 is 2. The molecule has 0 amide bonds. The van der Waals surface area contributed by atoms with E-state index in [4.69, 9.17) is 26.1 Å². The van der Waals surface area contributed by atoms with Crippen molar-refractivity contribution in [1.82, 2.24) is 15.0 Å². The molecule has 0 saturated heterocycles. The Morgan fingerprint density at radius 3 is 2.38 bits per heavy atom. The van der Waals surface area contributed by atoms with Gasteiger partial charge in [0.1, 0.15) is 17.3 Å². The number of hydrogen-bond donors (Lipinski definition) is 1. The van der Waals surface area contributed by atoms with Gasteiger partial charge in [0, 0.05) is 35.4 Å². The van der Waals surface area contributed by atoms with Crippen LogP contribution in [-0.4, -0.2) is 35.7 Å². The van der Waals surface area contributed by atoms with E-state index in [0.717, 1.165) is 35.2 Å². The van der Waals surface area contributed by atoms with E-state index in [1.807, 2.05) is 60.7 Å². The van der Waals surface area contributed by atoms with E-state index in [9.17, 15) is 0 Å². The van der Waals surface area contributed by atoms with Crippen LogP contribution in [-0.2, 0) is 6.42 Å². The van der Waals surface area contributed by atoms with Crippen LogP contribution >= 0.6 is 11.6 Å². The first-order chi connectivity index (χ1) is 15.6. The number of anilines is 1. The fraction of sp³-hybridized carbons (Fsp3) is 0.160. The summed E-state index contributed by atoms with van der Waals surface area (Å²) in [6.45, 7) is 0.731. The fourth-order valence-corrected chi connectivity index (χ4v) is 3.47. The van der Waals surface area contributed by atoms with Crippen LogP contribution < -0.4 is 14.8 Å². The maximum Gasteiger partial charge on any atom is 0.154 e. The molecule has 2 heterocycles. The summed E-state index contributed by atoms with van der Waals surface area (Å²) >= 11 is 6.21. The third kappa shape index (κ3) is 5.34. The van der Waals surface area contributed by atoms with Crippen molar-refractivity contribution < 1.29 is 9.47 Å². The molecule has 2 aromatic heterocycles. The van der Waals surface area contributed by atoms with Crippen molar-refractivity contribution in [3.05, 3.63) is 82.9 Å². The van der Waals surface area contributed by atoms with E-state index in [-0.39, 0.29) is 0 Å². The highest BCUT2D eigenvalue weighted by atomic mass is 35.5. The predicted molar refractivity (Wildman–Crippen MR) is 129 cm³/mol. The van der Waals surface area contributed by atoms with Gasteiger partial charge in [0.05, 0.1) is 19.7 Å². The van der Waals surface area contributed by atoms with Gasteiger partial charge in [0.2, 0.25) is 0 Å². The second kappa shape index (κ2) is 10.1. The van der Waals surface area contributed by atoms with Crippen molar-refractivity contribution in [3.63, 3.8) is 0 Å². The standard InChI is InChI=1S/C25H23ClN4O2/c1-31-20-13-18(14-21(16-20)32-2)3-6-24-29-23-15-19(26)4-5-22(23)25(30-24)28-12-9-17-7-10-27-11-8-17/h3-8,10-11,13-16H,9,12H2,1-2H3,(H,28,29,30)/b6-3+. The maximum atomic E-state index is 6.21. The molecule has 0 aliphatic rings. The van der Waals surface area contributed by atoms with E-state index >= 15 is 0 Å². The molecule has 4 aromatic rings. The summed E-state index contributed by atoms with van der Waals surface area (Å²) < 4.78 is 10.7. The Bertz CT molecular complexity index is 1220. The molecule has 0 saturated carbocycles. The number of hydrogen-bond acceptors (Lipinski definition) is 6. The van der Waals surface area contributed by atoms with Gasteiger partial charge in [-0.2, -0.15) is 0 Å². The SMILES string of the molecule is COc1cc(/C=C/c2nc(NCCc3ccncc3)c3ccc(Cl)cc3n2)cc(OC)c1. The van der Waals surface area contributed by atoms with Gasteiger partial charge in [-0.15, -0.1) is 0 Å². The van der Waals surface area contributed by atoms with Gasteiger partial charge >= 0.3 is 0 Å². The molecule has 0 bridgehead atoms. The maximum absolute atomic E-state index is 6.21. The molecular weight excluding hydrogens is 424 g/mol. The molecule has 6 nitrogen and oxygen atoms in total. The van der Waals surface area contributed by atoms with E-state index in [2.05, 4.69) is 15.3 Å². The van der Waals surface area contributed by atoms with Crippen molar-refractivity contribution in [2.24, 2.45) is 0 Å². The lowest BCUT2D eigenvalue weighted by Gasteiger charge is -2.10. The third-order valence-electron chi connectivity index (χ3n) is 4.93. The highest BCUT2D eigenvalue weighted by Gasteiger charge is 2.08. The number of halogens is 1. The molecule has 0 fully saturated rings. The number of benzene rings is 2. The van der Waals surface area contributed by atoms with Crippen molar-refractivity contribution in [1.29, 1.82) is 0 Å². The monoisotopic (exact) mass is 446 g/mol. The van der Waals surface area contributed by atoms with Gasteiger partial charge in [-0.1, -0.05) is 17.7 Å². The largest absolute Gasteiger partial charge is 0.497 e. The normalized spacial score (nSPS) is 11.1. The Balaban J connectivity index is 1.62. The lowest BCUT2D eigenvalue weighted by Crippen LogP contribution is -2.08. The molecular formula is C25H23ClN4O2. The van der Waals surface area contributed by atoms with E-state index in [1.165, 1.54) is 5.56 Å². The number of pyridine rings is 1. The summed E-state index contributed by atoms with van der Waals surface area (Å²) in [7, 11) is 3.25. The van der Waals surface area contributed by atoms with Gasteiger partial charge in [-0.3, -0.25) is 4.98 Å². The Hall–Kier alpha value is -3.64. The smallest absolute Gasteiger partial charge is 0.154 e. The Morgan fingerprint density at radius 1 is 0.906 bits per heavy atom. The van der Waals surface area contributed by atoms with Crippen LogP contribution in [0.1, 0.15) is 17.0 Å². The van der Waals surface area contributed by atoms with Gasteiger partial charge in [-0.25, -0.2) is 9.97 Å². The Labute approximate surface area is 191 Å². The second-order valence-corrected chi connectivity index (χ2v) is 7.54. The second-order valence-electron chi connectivity index (χ2n) is 7.10. The minimum absolute atomic E-state index is 0.577. The number of ether oxygens (including phenoxy) is 2. The molecule has 7 heteroatoms. The minimum Gasteiger partial charge on any atom is -0.497 e. The quantitative estimate of drug-likeness (QED) is 0.384. The van der Waals surface area contributed by atoms with Gasteiger partial charge < -0.3 is 14.8 Å². The number of rotatable bonds is 8. The van der Waals surface area contributed by atoms with E-state index in [1.54, 1.807) is 26.6 Å². The van der Waals surface area contributed by atoms with Crippen LogP contribution in [0.3, 0.4) is 0 Å². The average molecular weight is 447 g/mol. The number of nitrogens with one attached hydrogen (secondary N) is 1. The molecule has 0 aliphatic heterocycles. The molecule has 0 radical (unpaired) electrons. The van der Waals surface area contributed by atoms with E-state index in [0.29, 0.717) is 22.3 Å². The van der Waals surface area contributed by atoms with Crippen LogP contribution in [0, 0.1) is 0 Å². The zero-order valence-electron chi connectivity index (χ0n) is 17.9. The summed E-state index contributed by atoms with van der Waals surface area (Å²) in [6, 6.07) is 15.3. The Kier molecular flexibility index (Phi) is 6.82. The van der Waals surface area contributed by atoms with Crippen LogP contribution in [0.5, 0.6) is 11.5 Å². The lowest BCUT2D eigenvalue weighted by molar-refractivity contribution is 0.394. The molecule has 0 spiro atoms. The van der Waals surface area contributed by atoms with Gasteiger partial charge in [0.25, 0.3) is 0 Å². The van der Waals surface area contributed by atoms with Crippen LogP contribution in [0.15, 0.2) is 60.9 Å². The molecule has 0 aliphatic carbocycles. The minimum atomic E-state index is 0.577. The van der Waals surface area contributed by atoms with Gasteiger partial charge in [0.15, 0.2) is 5.82 Å². The first kappa shape index (κ1) is 21.6. The van der Waals surface area contributed by atoms with E-state index < -0.39 is 0 Å². The summed E-state index contributed by atoms with van der Waals surface area (Å²) in [4.78, 5) is 13.5. The summed E-state index contributed by atoms with van der Waals surface area (Å²) in [5.74, 6) is 2.78. The molecule has 0 atom stereocenters. The lowest BCUT2D eigenvalue weighted by atomic mass is 10.1. The first-order valence-corrected chi connectivity index (χ1v) is 10.5. The predicted octanol–water partition coefficient (Wildman–Crippen LogP) is 5.52. The van der Waals surface area contributed by atoms with Crippen LogP contribution in [0.25, 0.3) is 23.1 Å². The number of nitrogens with zero attached hydrogens (tertiary/aromatic N) is 3. The molecule has 2 aromatic carbocycles. The zero-order chi connectivity index (χ0) is 22.3. The summed E-state index contributed by atoms with van der Waals surface area (Å²) in [5, 5.41) is 4.99. The van der Waals surface area contributed by atoms with Crippen molar-refractivity contribution in [2.75, 3.05) is 26.1 Å². The average Bonchev–Trinajstić information content (AvgIpc) is 2.82. The summed E-state index contributed by atoms with van der Waals surface area (Å²) in [6.07, 6.45) is 8.25. The van der Waals surface area contributed by atoms with Crippen LogP contribution in [0.2, 0.25) is 5.02 Å². The van der Waals surface area contributed by atoms with Crippen molar-refractivity contribution in [3.8, 4) is 11.5 Å².